The molecule has 0 unspecified atom stereocenters. The quantitative estimate of drug-likeness (QED) is 0.0723. The molecular weight excluding hydrogens is 548 g/mol. The van der Waals surface area contributed by atoms with Crippen molar-refractivity contribution in [1.82, 2.24) is 5.43 Å². The number of carbonyl (C=O) groups is 2. The molecule has 0 heterocycles. The summed E-state index contributed by atoms with van der Waals surface area (Å²) in [5, 5.41) is 6.04. The second kappa shape index (κ2) is 13.4. The average molecular weight is 575 g/mol. The molecule has 0 saturated heterocycles. The molecule has 0 radical (unpaired) electrons. The van der Waals surface area contributed by atoms with Crippen LogP contribution in [0.2, 0.25) is 0 Å². The van der Waals surface area contributed by atoms with E-state index in [0.29, 0.717) is 23.7 Å². The monoisotopic (exact) mass is 574 g/mol. The number of hydrogen-bond donors (Lipinski definition) is 1. The van der Waals surface area contributed by atoms with Crippen LogP contribution >= 0.6 is 15.9 Å². The van der Waals surface area contributed by atoms with Crippen molar-refractivity contribution in [3.05, 3.63) is 101 Å². The smallest absolute Gasteiger partial charge is 0.343 e. The summed E-state index contributed by atoms with van der Waals surface area (Å²) in [5.74, 6) is 0.836. The normalized spacial score (nSPS) is 10.9. The zero-order valence-corrected chi connectivity index (χ0v) is 22.4. The fraction of sp³-hybridized carbons (Fsp3) is 0.167. The van der Waals surface area contributed by atoms with Gasteiger partial charge in [-0.3, -0.25) is 4.79 Å². The van der Waals surface area contributed by atoms with Crippen molar-refractivity contribution in [1.29, 1.82) is 0 Å². The van der Waals surface area contributed by atoms with Crippen LogP contribution in [-0.4, -0.2) is 31.3 Å². The number of esters is 1. The Morgan fingerprint density at radius 3 is 2.39 bits per heavy atom. The predicted octanol–water partition coefficient (Wildman–Crippen LogP) is 6.53. The fourth-order valence-electron chi connectivity index (χ4n) is 3.49. The van der Waals surface area contributed by atoms with E-state index in [4.69, 9.17) is 14.2 Å². The predicted molar refractivity (Wildman–Crippen MR) is 151 cm³/mol. The first kappa shape index (κ1) is 26.9. The summed E-state index contributed by atoms with van der Waals surface area (Å²) in [5.41, 5.74) is 3.59. The van der Waals surface area contributed by atoms with E-state index in [1.807, 2.05) is 36.4 Å². The molecule has 38 heavy (non-hydrogen) atoms. The highest BCUT2D eigenvalue weighted by molar-refractivity contribution is 9.10. The molecule has 0 bridgehead atoms. The van der Waals surface area contributed by atoms with E-state index in [1.165, 1.54) is 6.21 Å². The first-order valence-electron chi connectivity index (χ1n) is 12.2. The van der Waals surface area contributed by atoms with Gasteiger partial charge in [0.25, 0.3) is 5.91 Å². The van der Waals surface area contributed by atoms with Gasteiger partial charge in [0.2, 0.25) is 0 Å². The lowest BCUT2D eigenvalue weighted by atomic mass is 10.1. The molecular formula is C30H27BrN2O5. The lowest BCUT2D eigenvalue weighted by molar-refractivity contribution is -0.123. The summed E-state index contributed by atoms with van der Waals surface area (Å²) in [7, 11) is 0. The van der Waals surface area contributed by atoms with Crippen LogP contribution in [0.1, 0.15) is 35.7 Å². The Balaban J connectivity index is 1.23. The number of halogens is 1. The van der Waals surface area contributed by atoms with Crippen molar-refractivity contribution in [3.63, 3.8) is 0 Å². The van der Waals surface area contributed by atoms with Crippen LogP contribution in [0.25, 0.3) is 10.8 Å². The molecule has 0 atom stereocenters. The van der Waals surface area contributed by atoms with E-state index < -0.39 is 11.9 Å². The topological polar surface area (TPSA) is 86.2 Å². The lowest BCUT2D eigenvalue weighted by Gasteiger charge is -2.09. The highest BCUT2D eigenvalue weighted by atomic mass is 79.9. The Bertz CT molecular complexity index is 1420. The molecule has 0 aliphatic carbocycles. The van der Waals surface area contributed by atoms with Crippen LogP contribution in [0.4, 0.5) is 0 Å². The molecule has 0 aliphatic heterocycles. The van der Waals surface area contributed by atoms with E-state index >= 15 is 0 Å². The van der Waals surface area contributed by atoms with Crippen molar-refractivity contribution in [3.8, 4) is 17.2 Å². The number of nitrogens with zero attached hydrogens (tertiary/aromatic N) is 1. The maximum atomic E-state index is 12.4. The summed E-state index contributed by atoms with van der Waals surface area (Å²) in [4.78, 5) is 24.6. The van der Waals surface area contributed by atoms with Crippen LogP contribution in [0.15, 0.2) is 94.5 Å². The van der Waals surface area contributed by atoms with Crippen LogP contribution < -0.4 is 19.6 Å². The van der Waals surface area contributed by atoms with Gasteiger partial charge in [0.15, 0.2) is 6.61 Å². The molecule has 0 saturated carbocycles. The molecule has 194 valence electrons. The molecule has 1 amide bonds. The largest absolute Gasteiger partial charge is 0.494 e. The third-order valence-electron chi connectivity index (χ3n) is 5.54. The van der Waals surface area contributed by atoms with Gasteiger partial charge in [-0.2, -0.15) is 5.10 Å². The van der Waals surface area contributed by atoms with Gasteiger partial charge < -0.3 is 14.2 Å². The van der Waals surface area contributed by atoms with Gasteiger partial charge in [-0.1, -0.05) is 43.7 Å². The number of hydrazone groups is 1. The Kier molecular flexibility index (Phi) is 9.48. The Hall–Kier alpha value is -4.17. The maximum absolute atomic E-state index is 12.4. The molecule has 4 rings (SSSR count). The third kappa shape index (κ3) is 7.43. The maximum Gasteiger partial charge on any atom is 0.343 e. The molecule has 0 spiro atoms. The Morgan fingerprint density at radius 1 is 0.895 bits per heavy atom. The molecule has 4 aromatic carbocycles. The first-order chi connectivity index (χ1) is 18.5. The Labute approximate surface area is 229 Å². The summed E-state index contributed by atoms with van der Waals surface area (Å²) >= 11 is 3.54. The van der Waals surface area contributed by atoms with Crippen molar-refractivity contribution in [2.75, 3.05) is 13.2 Å². The number of nitrogens with one attached hydrogen (secondary N) is 1. The zero-order valence-electron chi connectivity index (χ0n) is 20.9. The second-order valence-corrected chi connectivity index (χ2v) is 9.16. The lowest BCUT2D eigenvalue weighted by Crippen LogP contribution is -2.24. The summed E-state index contributed by atoms with van der Waals surface area (Å²) in [6.45, 7) is 2.56. The highest BCUT2D eigenvalue weighted by Gasteiger charge is 2.10. The van der Waals surface area contributed by atoms with Gasteiger partial charge in [0, 0.05) is 0 Å². The summed E-state index contributed by atoms with van der Waals surface area (Å²) in [6, 6.07) is 25.3. The minimum Gasteiger partial charge on any atom is -0.494 e. The number of unbranched alkanes of at least 4 members (excludes halogenated alkanes) is 1. The van der Waals surface area contributed by atoms with Crippen LogP contribution in [-0.2, 0) is 4.79 Å². The number of ether oxygens (including phenoxy) is 3. The number of amides is 1. The minimum absolute atomic E-state index is 0.186. The van der Waals surface area contributed by atoms with Gasteiger partial charge in [-0.15, -0.1) is 0 Å². The third-order valence-corrected chi connectivity index (χ3v) is 6.35. The van der Waals surface area contributed by atoms with Crippen LogP contribution in [0.3, 0.4) is 0 Å². The van der Waals surface area contributed by atoms with Gasteiger partial charge in [0.05, 0.1) is 22.9 Å². The molecule has 8 heteroatoms. The van der Waals surface area contributed by atoms with Gasteiger partial charge >= 0.3 is 5.97 Å². The molecule has 7 nitrogen and oxygen atoms in total. The highest BCUT2D eigenvalue weighted by Crippen LogP contribution is 2.32. The minimum atomic E-state index is -0.461. The fourth-order valence-corrected chi connectivity index (χ4v) is 4.10. The van der Waals surface area contributed by atoms with E-state index in [2.05, 4.69) is 33.4 Å². The number of benzene rings is 4. The van der Waals surface area contributed by atoms with Gasteiger partial charge in [-0.25, -0.2) is 10.2 Å². The van der Waals surface area contributed by atoms with Crippen molar-refractivity contribution >= 4 is 44.8 Å². The van der Waals surface area contributed by atoms with E-state index in [0.717, 1.165) is 39.4 Å². The Morgan fingerprint density at radius 2 is 1.63 bits per heavy atom. The van der Waals surface area contributed by atoms with Crippen molar-refractivity contribution < 1.29 is 23.8 Å². The zero-order chi connectivity index (χ0) is 26.7. The van der Waals surface area contributed by atoms with E-state index in [-0.39, 0.29) is 6.61 Å². The molecule has 0 fully saturated rings. The van der Waals surface area contributed by atoms with Crippen molar-refractivity contribution in [2.45, 2.75) is 19.8 Å². The molecule has 0 aliphatic rings. The van der Waals surface area contributed by atoms with E-state index in [9.17, 15) is 9.59 Å². The van der Waals surface area contributed by atoms with Gasteiger partial charge in [-0.05, 0) is 93.3 Å². The molecule has 4 aromatic rings. The number of carbonyl (C=O) groups excluding carboxylic acids is 2. The number of rotatable bonds is 11. The van der Waals surface area contributed by atoms with Crippen LogP contribution in [0, 0.1) is 0 Å². The van der Waals surface area contributed by atoms with E-state index in [1.54, 1.807) is 48.5 Å². The SMILES string of the molecule is CCCCOc1ccc(C(=O)Oc2ccc(/C=N/NC(=O)COc3ccc4ccccc4c3Br)cc2)cc1. The number of fused-ring (bicyclic) bond motifs is 1. The summed E-state index contributed by atoms with van der Waals surface area (Å²) in [6.07, 6.45) is 3.53. The molecule has 1 N–H and O–H groups in total. The standard InChI is InChI=1S/C30H27BrN2O5/c1-2-3-18-36-24-15-10-23(11-16-24)30(35)38-25-13-8-21(9-14-25)19-32-33-28(34)20-37-27-17-12-22-6-4-5-7-26(22)29(27)31/h4-17,19H,2-3,18,20H2,1H3,(H,33,34)/b32-19+. The van der Waals surface area contributed by atoms with Crippen LogP contribution in [0.5, 0.6) is 17.2 Å². The van der Waals surface area contributed by atoms with Crippen molar-refractivity contribution in [2.24, 2.45) is 5.10 Å². The average Bonchev–Trinajstić information content (AvgIpc) is 2.94. The first-order valence-corrected chi connectivity index (χ1v) is 13.0. The van der Waals surface area contributed by atoms with Gasteiger partial charge in [0.1, 0.15) is 17.2 Å². The number of hydrogen-bond acceptors (Lipinski definition) is 6. The summed E-state index contributed by atoms with van der Waals surface area (Å²) < 4.78 is 17.5. The second-order valence-electron chi connectivity index (χ2n) is 8.37. The molecule has 0 aromatic heterocycles.